The molecule has 1 aromatic carbocycles. The van der Waals surface area contributed by atoms with Crippen LogP contribution in [-0.4, -0.2) is 81.3 Å². The number of aromatic nitrogens is 3. The van der Waals surface area contributed by atoms with E-state index < -0.39 is 28.1 Å². The van der Waals surface area contributed by atoms with Gasteiger partial charge in [0.05, 0.1) is 36.9 Å². The number of nitrogens with one attached hydrogen (secondary N) is 1. The van der Waals surface area contributed by atoms with Crippen LogP contribution in [0.3, 0.4) is 0 Å². The molecule has 1 saturated heterocycles. The van der Waals surface area contributed by atoms with Gasteiger partial charge < -0.3 is 24.8 Å². The molecule has 0 saturated carbocycles. The number of carbonyl (C=O) groups is 1. The molecule has 0 spiro atoms. The zero-order chi connectivity index (χ0) is 27.1. The van der Waals surface area contributed by atoms with E-state index in [1.54, 1.807) is 11.6 Å². The van der Waals surface area contributed by atoms with E-state index >= 15 is 0 Å². The van der Waals surface area contributed by atoms with Gasteiger partial charge in [0.25, 0.3) is 15.9 Å². The van der Waals surface area contributed by atoms with Gasteiger partial charge in [0.1, 0.15) is 0 Å². The van der Waals surface area contributed by atoms with E-state index in [4.69, 9.17) is 4.74 Å². The summed E-state index contributed by atoms with van der Waals surface area (Å²) in [6.45, 7) is 0.0287. The van der Waals surface area contributed by atoms with Crippen LogP contribution < -0.4 is 5.32 Å². The third kappa shape index (κ3) is 7.03. The molecule has 0 bridgehead atoms. The maximum Gasteiger partial charge on any atom is 0.262 e. The molecule has 0 radical (unpaired) electrons. The second kappa shape index (κ2) is 12.6. The van der Waals surface area contributed by atoms with Crippen molar-refractivity contribution >= 4 is 15.9 Å². The Balaban J connectivity index is 1.59. The smallest absolute Gasteiger partial charge is 0.262 e. The summed E-state index contributed by atoms with van der Waals surface area (Å²) in [5.74, 6) is -0.472. The van der Waals surface area contributed by atoms with Crippen LogP contribution in [0, 0.1) is 0 Å². The van der Waals surface area contributed by atoms with Gasteiger partial charge in [0.15, 0.2) is 5.03 Å². The Bertz CT molecular complexity index is 1310. The maximum atomic E-state index is 13.5. The Kier molecular flexibility index (Phi) is 9.23. The standard InChI is InChI=1S/C26H33N5O6S/c1-30-16-25(28-18-30)38(35,36)31(14-22-8-5-11-37-22)15-24(33)23(12-19-6-3-2-4-7-19)29-26(34)20-9-10-27-21(13-20)17-32/h2-4,6-7,9-10,13,16,18,22-24,32-33H,5,8,11-12,14-15,17H2,1H3,(H,29,34)/t22?,23-,24+/m0/s1. The summed E-state index contributed by atoms with van der Waals surface area (Å²) in [5.41, 5.74) is 1.47. The van der Waals surface area contributed by atoms with Crippen LogP contribution in [0.4, 0.5) is 0 Å². The number of hydrogen-bond donors (Lipinski definition) is 3. The normalized spacial score (nSPS) is 17.4. The summed E-state index contributed by atoms with van der Waals surface area (Å²) in [6.07, 6.45) is 4.50. The molecule has 3 atom stereocenters. The number of imidazole rings is 1. The van der Waals surface area contributed by atoms with Crippen LogP contribution in [-0.2, 0) is 34.8 Å². The van der Waals surface area contributed by atoms with Crippen molar-refractivity contribution in [1.29, 1.82) is 0 Å². The van der Waals surface area contributed by atoms with E-state index in [1.165, 1.54) is 35.2 Å². The average Bonchev–Trinajstić information content (AvgIpc) is 3.60. The third-order valence-electron chi connectivity index (χ3n) is 6.43. The number of aryl methyl sites for hydroxylation is 1. The largest absolute Gasteiger partial charge is 0.390 e. The number of rotatable bonds is 12. The van der Waals surface area contributed by atoms with Gasteiger partial charge in [-0.2, -0.15) is 4.31 Å². The minimum absolute atomic E-state index is 0.0617. The van der Waals surface area contributed by atoms with Gasteiger partial charge in [-0.25, -0.2) is 13.4 Å². The number of aliphatic hydroxyl groups excluding tert-OH is 2. The maximum absolute atomic E-state index is 13.5. The lowest BCUT2D eigenvalue weighted by Gasteiger charge is -2.30. The van der Waals surface area contributed by atoms with Crippen LogP contribution in [0.5, 0.6) is 0 Å². The molecule has 4 rings (SSSR count). The lowest BCUT2D eigenvalue weighted by Crippen LogP contribution is -2.51. The van der Waals surface area contributed by atoms with Gasteiger partial charge in [0, 0.05) is 44.7 Å². The van der Waals surface area contributed by atoms with Crippen molar-refractivity contribution in [2.75, 3.05) is 19.7 Å². The number of ether oxygens (including phenoxy) is 1. The van der Waals surface area contributed by atoms with E-state index in [1.807, 2.05) is 30.3 Å². The molecular weight excluding hydrogens is 510 g/mol. The molecule has 38 heavy (non-hydrogen) atoms. The van der Waals surface area contributed by atoms with E-state index in [-0.39, 0.29) is 42.8 Å². The molecule has 3 N–H and O–H groups in total. The predicted molar refractivity (Wildman–Crippen MR) is 139 cm³/mol. The summed E-state index contributed by atoms with van der Waals surface area (Å²) in [6, 6.07) is 11.5. The number of nitrogens with zero attached hydrogens (tertiary/aromatic N) is 4. The van der Waals surface area contributed by atoms with Crippen LogP contribution in [0.15, 0.2) is 66.2 Å². The summed E-state index contributed by atoms with van der Waals surface area (Å²) >= 11 is 0. The van der Waals surface area contributed by atoms with Gasteiger partial charge in [0.2, 0.25) is 0 Å². The number of aliphatic hydroxyl groups is 2. The van der Waals surface area contributed by atoms with Crippen LogP contribution in [0.25, 0.3) is 0 Å². The Hall–Kier alpha value is -3.16. The monoisotopic (exact) mass is 543 g/mol. The summed E-state index contributed by atoms with van der Waals surface area (Å²) in [7, 11) is -2.37. The fraction of sp³-hybridized carbons (Fsp3) is 0.423. The fourth-order valence-corrected chi connectivity index (χ4v) is 5.84. The molecule has 3 heterocycles. The number of amides is 1. The first kappa shape index (κ1) is 27.9. The molecule has 12 heteroatoms. The minimum Gasteiger partial charge on any atom is -0.390 e. The van der Waals surface area contributed by atoms with E-state index in [9.17, 15) is 23.4 Å². The SMILES string of the molecule is Cn1cnc(S(=O)(=O)N(CC2CCCO2)C[C@@H](O)[C@H](Cc2ccccc2)NC(=O)c2ccnc(CO)c2)c1. The highest BCUT2D eigenvalue weighted by Crippen LogP contribution is 2.21. The number of benzene rings is 1. The molecule has 1 unspecified atom stereocenters. The molecule has 3 aromatic rings. The first-order chi connectivity index (χ1) is 18.3. The van der Waals surface area contributed by atoms with Gasteiger partial charge in [-0.1, -0.05) is 30.3 Å². The summed E-state index contributed by atoms with van der Waals surface area (Å²) in [5, 5.41) is 23.5. The quantitative estimate of drug-likeness (QED) is 0.305. The Morgan fingerprint density at radius 1 is 1.26 bits per heavy atom. The lowest BCUT2D eigenvalue weighted by atomic mass is 10.0. The van der Waals surface area contributed by atoms with Crippen molar-refractivity contribution in [3.8, 4) is 0 Å². The highest BCUT2D eigenvalue weighted by molar-refractivity contribution is 7.89. The molecule has 204 valence electrons. The van der Waals surface area contributed by atoms with Gasteiger partial charge in [-0.3, -0.25) is 9.78 Å². The Morgan fingerprint density at radius 3 is 2.71 bits per heavy atom. The van der Waals surface area contributed by atoms with E-state index in [2.05, 4.69) is 15.3 Å². The van der Waals surface area contributed by atoms with Gasteiger partial charge in [-0.05, 0) is 37.0 Å². The predicted octanol–water partition coefficient (Wildman–Crippen LogP) is 0.879. The highest BCUT2D eigenvalue weighted by Gasteiger charge is 2.34. The minimum atomic E-state index is -4.05. The number of hydrogen-bond acceptors (Lipinski definition) is 8. The van der Waals surface area contributed by atoms with Crippen molar-refractivity contribution in [3.05, 3.63) is 78.0 Å². The zero-order valence-corrected chi connectivity index (χ0v) is 22.0. The molecule has 1 aliphatic heterocycles. The van der Waals surface area contributed by atoms with Crippen molar-refractivity contribution in [3.63, 3.8) is 0 Å². The first-order valence-electron chi connectivity index (χ1n) is 12.4. The second-order valence-electron chi connectivity index (χ2n) is 9.37. The molecule has 1 amide bonds. The highest BCUT2D eigenvalue weighted by atomic mass is 32.2. The third-order valence-corrected chi connectivity index (χ3v) is 8.14. The number of sulfonamides is 1. The van der Waals surface area contributed by atoms with E-state index in [0.29, 0.717) is 18.7 Å². The Morgan fingerprint density at radius 2 is 2.05 bits per heavy atom. The Labute approximate surface area is 222 Å². The fourth-order valence-electron chi connectivity index (χ4n) is 4.39. The van der Waals surface area contributed by atoms with Crippen LogP contribution in [0.2, 0.25) is 0 Å². The van der Waals surface area contributed by atoms with Crippen LogP contribution >= 0.6 is 0 Å². The summed E-state index contributed by atoms with van der Waals surface area (Å²) in [4.78, 5) is 21.1. The molecule has 1 aliphatic rings. The number of pyridine rings is 1. The molecule has 2 aromatic heterocycles. The van der Waals surface area contributed by atoms with Crippen molar-refractivity contribution in [2.24, 2.45) is 7.05 Å². The molecular formula is C26H33N5O6S. The van der Waals surface area contributed by atoms with Gasteiger partial charge in [-0.15, -0.1) is 0 Å². The molecule has 0 aliphatic carbocycles. The lowest BCUT2D eigenvalue weighted by molar-refractivity contribution is 0.0625. The molecule has 1 fully saturated rings. The average molecular weight is 544 g/mol. The zero-order valence-electron chi connectivity index (χ0n) is 21.2. The van der Waals surface area contributed by atoms with Crippen LogP contribution in [0.1, 0.15) is 34.5 Å². The second-order valence-corrected chi connectivity index (χ2v) is 11.3. The topological polar surface area (TPSA) is 147 Å². The van der Waals surface area contributed by atoms with Gasteiger partial charge >= 0.3 is 0 Å². The van der Waals surface area contributed by atoms with Crippen molar-refractivity contribution in [1.82, 2.24) is 24.2 Å². The number of carbonyl (C=O) groups excluding carboxylic acids is 1. The first-order valence-corrected chi connectivity index (χ1v) is 13.9. The van der Waals surface area contributed by atoms with E-state index in [0.717, 1.165) is 12.0 Å². The molecule has 11 nitrogen and oxygen atoms in total. The van der Waals surface area contributed by atoms with Crippen molar-refractivity contribution < 1.29 is 28.2 Å². The summed E-state index contributed by atoms with van der Waals surface area (Å²) < 4.78 is 35.5. The van der Waals surface area contributed by atoms with Crippen molar-refractivity contribution in [2.45, 2.75) is 49.1 Å².